The number of carbonyl (C=O) groups excluding carboxylic acids is 1. The lowest BCUT2D eigenvalue weighted by molar-refractivity contribution is -0.113. The van der Waals surface area contributed by atoms with Gasteiger partial charge >= 0.3 is 0 Å². The monoisotopic (exact) mass is 421 g/mol. The summed E-state index contributed by atoms with van der Waals surface area (Å²) in [5.41, 5.74) is 1.80. The third-order valence-corrected chi connectivity index (χ3v) is 5.41. The van der Waals surface area contributed by atoms with Crippen molar-refractivity contribution < 1.29 is 4.79 Å². The number of amides is 1. The number of aromatic nitrogens is 2. The minimum atomic E-state index is -0.195. The van der Waals surface area contributed by atoms with Gasteiger partial charge in [-0.15, -0.1) is 0 Å². The van der Waals surface area contributed by atoms with Crippen LogP contribution in [-0.4, -0.2) is 21.2 Å². The van der Waals surface area contributed by atoms with Gasteiger partial charge in [-0.25, -0.2) is 4.98 Å². The molecule has 4 aromatic rings. The summed E-state index contributed by atoms with van der Waals surface area (Å²) in [5, 5.41) is 4.42. The van der Waals surface area contributed by atoms with Crippen molar-refractivity contribution in [2.45, 2.75) is 5.16 Å². The van der Waals surface area contributed by atoms with E-state index in [0.717, 1.165) is 0 Å². The molecule has 0 radical (unpaired) electrons. The van der Waals surface area contributed by atoms with E-state index in [0.29, 0.717) is 32.5 Å². The topological polar surface area (TPSA) is 64.0 Å². The van der Waals surface area contributed by atoms with E-state index in [-0.39, 0.29) is 17.2 Å². The maximum atomic E-state index is 13.1. The third-order valence-electron chi connectivity index (χ3n) is 4.22. The van der Waals surface area contributed by atoms with Crippen molar-refractivity contribution in [2.75, 3.05) is 11.1 Å². The number of carbonyl (C=O) groups is 1. The molecule has 3 aromatic carbocycles. The van der Waals surface area contributed by atoms with Gasteiger partial charge in [0.05, 0.1) is 22.3 Å². The Labute approximate surface area is 176 Å². The van der Waals surface area contributed by atoms with Gasteiger partial charge < -0.3 is 5.32 Å². The minimum Gasteiger partial charge on any atom is -0.325 e. The van der Waals surface area contributed by atoms with Crippen molar-refractivity contribution in [1.29, 1.82) is 0 Å². The molecule has 144 valence electrons. The van der Waals surface area contributed by atoms with Gasteiger partial charge in [-0.1, -0.05) is 53.7 Å². The summed E-state index contributed by atoms with van der Waals surface area (Å²) in [6.07, 6.45) is 0. The molecule has 0 unspecified atom stereocenters. The van der Waals surface area contributed by atoms with Crippen molar-refractivity contribution in [2.24, 2.45) is 0 Å². The van der Waals surface area contributed by atoms with Crippen LogP contribution >= 0.6 is 23.4 Å². The van der Waals surface area contributed by atoms with Gasteiger partial charge in [-0.05, 0) is 48.5 Å². The molecular formula is C22H16ClN3O2S. The van der Waals surface area contributed by atoms with E-state index in [1.54, 1.807) is 41.0 Å². The van der Waals surface area contributed by atoms with Crippen LogP contribution in [0.5, 0.6) is 0 Å². The number of hydrogen-bond acceptors (Lipinski definition) is 4. The first-order valence-corrected chi connectivity index (χ1v) is 10.2. The highest BCUT2D eigenvalue weighted by Crippen LogP contribution is 2.22. The molecule has 0 bridgehead atoms. The van der Waals surface area contributed by atoms with Crippen LogP contribution in [0, 0.1) is 0 Å². The minimum absolute atomic E-state index is 0.111. The lowest BCUT2D eigenvalue weighted by Gasteiger charge is -2.13. The molecule has 1 aromatic heterocycles. The van der Waals surface area contributed by atoms with E-state index in [1.165, 1.54) is 11.8 Å². The van der Waals surface area contributed by atoms with Crippen LogP contribution in [0.4, 0.5) is 5.69 Å². The van der Waals surface area contributed by atoms with E-state index in [2.05, 4.69) is 10.3 Å². The van der Waals surface area contributed by atoms with Crippen LogP contribution < -0.4 is 10.9 Å². The summed E-state index contributed by atoms with van der Waals surface area (Å²) in [7, 11) is 0. The predicted molar refractivity (Wildman–Crippen MR) is 118 cm³/mol. The largest absolute Gasteiger partial charge is 0.325 e. The van der Waals surface area contributed by atoms with Gasteiger partial charge in [0.25, 0.3) is 5.56 Å². The SMILES string of the molecule is O=C(CSc1nc2ccccc2c(=O)n1-c1ccccc1)Nc1ccc(Cl)cc1. The fourth-order valence-corrected chi connectivity index (χ4v) is 3.81. The fourth-order valence-electron chi connectivity index (χ4n) is 2.87. The Morgan fingerprint density at radius 1 is 0.966 bits per heavy atom. The molecule has 7 heteroatoms. The molecule has 0 fully saturated rings. The molecule has 0 aliphatic heterocycles. The second-order valence-electron chi connectivity index (χ2n) is 6.23. The molecule has 0 aliphatic carbocycles. The standard InChI is InChI=1S/C22H16ClN3O2S/c23-15-10-12-16(13-11-15)24-20(27)14-29-22-25-19-9-5-4-8-18(19)21(28)26(22)17-6-2-1-3-7-17/h1-13H,14H2,(H,24,27). The fraction of sp³-hybridized carbons (Fsp3) is 0.0455. The zero-order chi connectivity index (χ0) is 20.2. The quantitative estimate of drug-likeness (QED) is 0.372. The number of fused-ring (bicyclic) bond motifs is 1. The highest BCUT2D eigenvalue weighted by atomic mass is 35.5. The smallest absolute Gasteiger partial charge is 0.266 e. The maximum absolute atomic E-state index is 13.1. The lowest BCUT2D eigenvalue weighted by atomic mass is 10.2. The molecule has 1 amide bonds. The lowest BCUT2D eigenvalue weighted by Crippen LogP contribution is -2.22. The van der Waals surface area contributed by atoms with Gasteiger partial charge in [0.1, 0.15) is 0 Å². The number of thioether (sulfide) groups is 1. The van der Waals surface area contributed by atoms with Gasteiger partial charge in [0.2, 0.25) is 5.91 Å². The summed E-state index contributed by atoms with van der Waals surface area (Å²) in [5.74, 6) is -0.0837. The third kappa shape index (κ3) is 4.34. The second-order valence-corrected chi connectivity index (χ2v) is 7.61. The Balaban J connectivity index is 1.64. The highest BCUT2D eigenvalue weighted by Gasteiger charge is 2.14. The van der Waals surface area contributed by atoms with Crippen LogP contribution in [-0.2, 0) is 4.79 Å². The first kappa shape index (κ1) is 19.2. The average molecular weight is 422 g/mol. The molecule has 5 nitrogen and oxygen atoms in total. The summed E-state index contributed by atoms with van der Waals surface area (Å²) < 4.78 is 1.54. The zero-order valence-electron chi connectivity index (χ0n) is 15.2. The van der Waals surface area contributed by atoms with Crippen molar-refractivity contribution >= 4 is 45.9 Å². The van der Waals surface area contributed by atoms with Crippen LogP contribution in [0.15, 0.2) is 88.8 Å². The Morgan fingerprint density at radius 3 is 2.41 bits per heavy atom. The number of nitrogens with zero attached hydrogens (tertiary/aromatic N) is 2. The zero-order valence-corrected chi connectivity index (χ0v) is 16.8. The number of halogens is 1. The van der Waals surface area contributed by atoms with Gasteiger partial charge in [-0.2, -0.15) is 0 Å². The number of benzene rings is 3. The van der Waals surface area contributed by atoms with Gasteiger partial charge in [0.15, 0.2) is 5.16 Å². The first-order valence-electron chi connectivity index (χ1n) is 8.87. The van der Waals surface area contributed by atoms with Gasteiger partial charge in [-0.3, -0.25) is 14.2 Å². The predicted octanol–water partition coefficient (Wildman–Crippen LogP) is 4.77. The highest BCUT2D eigenvalue weighted by molar-refractivity contribution is 7.99. The molecule has 4 rings (SSSR count). The van der Waals surface area contributed by atoms with Crippen LogP contribution in [0.3, 0.4) is 0 Å². The average Bonchev–Trinajstić information content (AvgIpc) is 2.75. The van der Waals surface area contributed by atoms with Crippen LogP contribution in [0.25, 0.3) is 16.6 Å². The number of rotatable bonds is 5. The van der Waals surface area contributed by atoms with Crippen molar-refractivity contribution in [3.8, 4) is 5.69 Å². The maximum Gasteiger partial charge on any atom is 0.266 e. The Bertz CT molecular complexity index is 1220. The number of nitrogens with one attached hydrogen (secondary N) is 1. The van der Waals surface area contributed by atoms with E-state index in [1.807, 2.05) is 42.5 Å². The number of para-hydroxylation sites is 2. The van der Waals surface area contributed by atoms with E-state index in [4.69, 9.17) is 11.6 Å². The summed E-state index contributed by atoms with van der Waals surface area (Å²) in [6.45, 7) is 0. The molecule has 0 spiro atoms. The summed E-state index contributed by atoms with van der Waals surface area (Å²) in [4.78, 5) is 30.1. The van der Waals surface area contributed by atoms with E-state index in [9.17, 15) is 9.59 Å². The molecule has 1 N–H and O–H groups in total. The molecule has 29 heavy (non-hydrogen) atoms. The molecular weight excluding hydrogens is 406 g/mol. The number of anilines is 1. The molecule has 0 aliphatic rings. The van der Waals surface area contributed by atoms with Crippen molar-refractivity contribution in [3.63, 3.8) is 0 Å². The van der Waals surface area contributed by atoms with Crippen molar-refractivity contribution in [1.82, 2.24) is 9.55 Å². The normalized spacial score (nSPS) is 10.8. The van der Waals surface area contributed by atoms with Crippen LogP contribution in [0.1, 0.15) is 0 Å². The Kier molecular flexibility index (Phi) is 5.64. The Hall–Kier alpha value is -3.09. The van der Waals surface area contributed by atoms with E-state index >= 15 is 0 Å². The first-order chi connectivity index (χ1) is 14.1. The second kappa shape index (κ2) is 8.51. The molecule has 0 atom stereocenters. The van der Waals surface area contributed by atoms with Crippen molar-refractivity contribution in [3.05, 3.63) is 94.2 Å². The van der Waals surface area contributed by atoms with Gasteiger partial charge in [0, 0.05) is 10.7 Å². The van der Waals surface area contributed by atoms with Crippen LogP contribution in [0.2, 0.25) is 5.02 Å². The molecule has 0 saturated heterocycles. The Morgan fingerprint density at radius 2 is 1.66 bits per heavy atom. The molecule has 1 heterocycles. The number of hydrogen-bond donors (Lipinski definition) is 1. The molecule has 0 saturated carbocycles. The van der Waals surface area contributed by atoms with E-state index < -0.39 is 0 Å². The summed E-state index contributed by atoms with van der Waals surface area (Å²) in [6, 6.07) is 23.4. The summed E-state index contributed by atoms with van der Waals surface area (Å²) >= 11 is 7.09.